The van der Waals surface area contributed by atoms with Gasteiger partial charge in [0.2, 0.25) is 23.8 Å². The van der Waals surface area contributed by atoms with Crippen molar-refractivity contribution in [1.29, 1.82) is 0 Å². The van der Waals surface area contributed by atoms with E-state index in [0.717, 1.165) is 88.0 Å². The topological polar surface area (TPSA) is 247 Å². The molecule has 5 N–H and O–H groups in total. The number of likely N-dealkylation sites (tertiary alicyclic amines) is 3. The molecule has 416 valence electrons. The number of nitrogens with zero attached hydrogens (tertiary/aromatic N) is 8. The summed E-state index contributed by atoms with van der Waals surface area (Å²) in [7, 11) is 0. The Bertz CT molecular complexity index is 3190. The molecule has 80 heavy (non-hydrogen) atoms. The van der Waals surface area contributed by atoms with Crippen molar-refractivity contribution in [3.63, 3.8) is 0 Å². The van der Waals surface area contributed by atoms with E-state index in [1.165, 1.54) is 62.6 Å². The van der Waals surface area contributed by atoms with Gasteiger partial charge in [-0.15, -0.1) is 0 Å². The molecule has 5 fully saturated rings. The highest BCUT2D eigenvalue weighted by Crippen LogP contribution is 2.51. The minimum atomic E-state index is -1.36. The first-order valence-corrected chi connectivity index (χ1v) is 27.8. The molecule has 6 amide bonds. The van der Waals surface area contributed by atoms with Gasteiger partial charge in [-0.3, -0.25) is 43.7 Å². The van der Waals surface area contributed by atoms with Gasteiger partial charge in [-0.2, -0.15) is 5.10 Å². The average Bonchev–Trinajstić information content (AvgIpc) is 4.07. The predicted octanol–water partition coefficient (Wildman–Crippen LogP) is 5.82. The molecule has 0 bridgehead atoms. The van der Waals surface area contributed by atoms with Gasteiger partial charge in [-0.1, -0.05) is 42.5 Å². The SMILES string of the molecule is Nc1ncc(-c2cnn(C3CCN(CCC4CCN(C5CC6(CCN(C(=O)Cc7cccc(NC8=CC(=O)N(C9CCC(=O)NC9=O)C8=O)c7)CC6)C5)CC4)CC3)c2)nc1C(=O)O[C@@H](C(=O)Nc1ccc(F)cc1)c1ccccc1. The van der Waals surface area contributed by atoms with Gasteiger partial charge in [0.15, 0.2) is 11.5 Å². The predicted molar refractivity (Wildman–Crippen MR) is 292 cm³/mol. The van der Waals surface area contributed by atoms with Crippen molar-refractivity contribution >= 4 is 58.6 Å². The van der Waals surface area contributed by atoms with E-state index in [0.29, 0.717) is 45.6 Å². The number of halogens is 1. The maximum Gasteiger partial charge on any atom is 0.361 e. The molecule has 6 aliphatic rings. The maximum absolute atomic E-state index is 13.6. The summed E-state index contributed by atoms with van der Waals surface area (Å²) in [4.78, 5) is 107. The minimum absolute atomic E-state index is 0.0321. The molecule has 2 atom stereocenters. The second-order valence-electron chi connectivity index (χ2n) is 22.2. The van der Waals surface area contributed by atoms with Crippen molar-refractivity contribution in [2.24, 2.45) is 11.3 Å². The molecule has 5 aromatic rings. The molecule has 3 aromatic carbocycles. The van der Waals surface area contributed by atoms with E-state index >= 15 is 0 Å². The monoisotopic (exact) mass is 1090 g/mol. The molecule has 1 aliphatic carbocycles. The van der Waals surface area contributed by atoms with Crippen molar-refractivity contribution in [3.05, 3.63) is 132 Å². The number of hydrogen-bond donors (Lipinski definition) is 4. The van der Waals surface area contributed by atoms with Crippen LogP contribution in [0.3, 0.4) is 0 Å². The van der Waals surface area contributed by atoms with Gasteiger partial charge in [0.1, 0.15) is 17.6 Å². The van der Waals surface area contributed by atoms with Gasteiger partial charge in [0.25, 0.3) is 17.7 Å². The lowest BCUT2D eigenvalue weighted by molar-refractivity contribution is -0.149. The summed E-state index contributed by atoms with van der Waals surface area (Å²) >= 11 is 0. The zero-order valence-corrected chi connectivity index (χ0v) is 44.4. The van der Waals surface area contributed by atoms with Crippen LogP contribution in [0.4, 0.5) is 21.6 Å². The zero-order chi connectivity index (χ0) is 55.5. The van der Waals surface area contributed by atoms with Crippen LogP contribution >= 0.6 is 0 Å². The van der Waals surface area contributed by atoms with Gasteiger partial charge in [-0.05, 0) is 137 Å². The van der Waals surface area contributed by atoms with Crippen molar-refractivity contribution < 1.29 is 42.7 Å². The Morgan fingerprint density at radius 1 is 0.838 bits per heavy atom. The molecular formula is C59H65FN12O8. The summed E-state index contributed by atoms with van der Waals surface area (Å²) in [6, 6.07) is 20.8. The number of rotatable bonds is 16. The van der Waals surface area contributed by atoms with E-state index in [2.05, 4.69) is 40.8 Å². The number of carbonyl (C=O) groups excluding carboxylic acids is 7. The molecule has 21 heteroatoms. The summed E-state index contributed by atoms with van der Waals surface area (Å²) in [5, 5.41) is 12.6. The number of hydrogen-bond acceptors (Lipinski definition) is 15. The molecule has 1 spiro atoms. The lowest BCUT2D eigenvalue weighted by Crippen LogP contribution is -2.57. The second-order valence-corrected chi connectivity index (χ2v) is 22.2. The maximum atomic E-state index is 13.6. The number of amides is 6. The molecular weight excluding hydrogens is 1020 g/mol. The fourth-order valence-corrected chi connectivity index (χ4v) is 12.4. The van der Waals surface area contributed by atoms with E-state index in [9.17, 15) is 38.0 Å². The van der Waals surface area contributed by atoms with Crippen LogP contribution in [-0.4, -0.2) is 139 Å². The summed E-state index contributed by atoms with van der Waals surface area (Å²) in [6.45, 7) is 6.81. The molecule has 11 rings (SSSR count). The lowest BCUT2D eigenvalue weighted by Gasteiger charge is -2.56. The fourth-order valence-electron chi connectivity index (χ4n) is 12.4. The third-order valence-electron chi connectivity index (χ3n) is 17.1. The number of aromatic nitrogens is 4. The first kappa shape index (κ1) is 53.8. The fraction of sp³-hybridized carbons (Fsp3) is 0.424. The largest absolute Gasteiger partial charge is 0.442 e. The van der Waals surface area contributed by atoms with Gasteiger partial charge in [-0.25, -0.2) is 19.2 Å². The number of esters is 1. The van der Waals surface area contributed by atoms with Crippen LogP contribution in [0.1, 0.15) is 104 Å². The Labute approximate surface area is 462 Å². The second kappa shape index (κ2) is 23.3. The molecule has 5 aliphatic heterocycles. The molecule has 4 saturated heterocycles. The Morgan fingerprint density at radius 2 is 1.59 bits per heavy atom. The number of nitrogens with two attached hydrogens (primary N) is 1. The number of nitrogens with one attached hydrogen (secondary N) is 3. The average molecular weight is 1090 g/mol. The number of anilines is 3. The smallest absolute Gasteiger partial charge is 0.361 e. The summed E-state index contributed by atoms with van der Waals surface area (Å²) in [5.74, 6) is -3.73. The zero-order valence-electron chi connectivity index (χ0n) is 44.4. The molecule has 1 unspecified atom stereocenters. The highest BCUT2D eigenvalue weighted by Gasteiger charge is 2.49. The lowest BCUT2D eigenvalue weighted by atomic mass is 9.59. The molecule has 2 aromatic heterocycles. The number of imide groups is 2. The molecule has 20 nitrogen and oxygen atoms in total. The van der Waals surface area contributed by atoms with Crippen LogP contribution < -0.4 is 21.7 Å². The van der Waals surface area contributed by atoms with Crippen LogP contribution in [0.25, 0.3) is 11.3 Å². The Kier molecular flexibility index (Phi) is 15.7. The van der Waals surface area contributed by atoms with Gasteiger partial charge in [0, 0.05) is 73.4 Å². The van der Waals surface area contributed by atoms with Crippen molar-refractivity contribution in [2.45, 2.75) is 101 Å². The highest BCUT2D eigenvalue weighted by molar-refractivity contribution is 6.20. The number of carbonyl (C=O) groups is 7. The van der Waals surface area contributed by atoms with E-state index in [4.69, 9.17) is 10.5 Å². The van der Waals surface area contributed by atoms with Crippen LogP contribution in [0, 0.1) is 17.2 Å². The number of ether oxygens (including phenoxy) is 1. The third kappa shape index (κ3) is 12.0. The number of piperidine rings is 4. The van der Waals surface area contributed by atoms with Gasteiger partial charge in [0.05, 0.1) is 30.6 Å². The van der Waals surface area contributed by atoms with Gasteiger partial charge < -0.3 is 35.8 Å². The first-order chi connectivity index (χ1) is 38.7. The number of nitrogen functional groups attached to an aromatic ring is 1. The van der Waals surface area contributed by atoms with Crippen molar-refractivity contribution in [3.8, 4) is 11.3 Å². The molecule has 7 heterocycles. The number of benzene rings is 3. The Hall–Kier alpha value is -8.17. The normalized spacial score (nSPS) is 20.8. The van der Waals surface area contributed by atoms with Crippen LogP contribution in [0.15, 0.2) is 109 Å². The summed E-state index contributed by atoms with van der Waals surface area (Å²) in [5.41, 5.74) is 9.40. The highest BCUT2D eigenvalue weighted by atomic mass is 19.1. The minimum Gasteiger partial charge on any atom is -0.442 e. The van der Waals surface area contributed by atoms with Crippen molar-refractivity contribution in [1.82, 2.24) is 44.7 Å². The van der Waals surface area contributed by atoms with Gasteiger partial charge >= 0.3 is 5.97 Å². The van der Waals surface area contributed by atoms with E-state index in [-0.39, 0.29) is 48.4 Å². The Balaban J connectivity index is 0.584. The van der Waals surface area contributed by atoms with E-state index in [1.54, 1.807) is 54.7 Å². The van der Waals surface area contributed by atoms with Crippen molar-refractivity contribution in [2.75, 3.05) is 62.2 Å². The molecule has 0 radical (unpaired) electrons. The first-order valence-electron chi connectivity index (χ1n) is 27.8. The van der Waals surface area contributed by atoms with Crippen LogP contribution in [0.2, 0.25) is 0 Å². The van der Waals surface area contributed by atoms with E-state index in [1.807, 2.05) is 21.8 Å². The third-order valence-corrected chi connectivity index (χ3v) is 17.1. The van der Waals surface area contributed by atoms with Crippen LogP contribution in [-0.2, 0) is 39.9 Å². The van der Waals surface area contributed by atoms with E-state index < -0.39 is 53.5 Å². The standard InChI is InChI=1S/C59H65FN12O8/c60-41-9-11-42(12-10-41)65-56(77)53(39-6-2-1-3-7-39)80-58(79)52-54(61)62-35-47(66-52)40-34-63-71(36-40)44-18-23-68(24-19-44)22-15-37-16-25-69(26-17-37)45-32-59(33-45)20-27-70(28-21-59)50(74)30-38-5-4-8-43(29-38)64-46-31-51(75)72(57(46)78)48-13-14-49(73)67-55(48)76/h1-12,29,31,34-37,44-45,48,53,64H,13-28,30,32-33H2,(H2,61,62)(H,65,77)(H,67,73,76)/t48?,53-/m1/s1. The molecule has 1 saturated carbocycles. The summed E-state index contributed by atoms with van der Waals surface area (Å²) < 4.78 is 21.2. The van der Waals surface area contributed by atoms with Crippen LogP contribution in [0.5, 0.6) is 0 Å². The summed E-state index contributed by atoms with van der Waals surface area (Å²) in [6.07, 6.45) is 15.2. The quantitative estimate of drug-likeness (QED) is 0.0672. The Morgan fingerprint density at radius 3 is 2.33 bits per heavy atom.